The number of aryl methyl sites for hydroxylation is 1. The molecule has 0 amide bonds. The molecule has 33 heavy (non-hydrogen) atoms. The first kappa shape index (κ1) is 21.9. The Morgan fingerprint density at radius 3 is 2.52 bits per heavy atom. The summed E-state index contributed by atoms with van der Waals surface area (Å²) in [5, 5.41) is 24.1. The third-order valence-corrected chi connectivity index (χ3v) is 7.31. The molecule has 4 aliphatic rings. The van der Waals surface area contributed by atoms with Crippen molar-refractivity contribution in [2.75, 3.05) is 31.2 Å². The predicted molar refractivity (Wildman–Crippen MR) is 123 cm³/mol. The highest BCUT2D eigenvalue weighted by atomic mass is 16.5. The molecular weight excluding hydrogens is 420 g/mol. The summed E-state index contributed by atoms with van der Waals surface area (Å²) in [6.45, 7) is 6.34. The van der Waals surface area contributed by atoms with Crippen molar-refractivity contribution in [3.8, 4) is 0 Å². The van der Waals surface area contributed by atoms with Crippen LogP contribution in [0.5, 0.6) is 0 Å². The largest absolute Gasteiger partial charge is 0.481 e. The van der Waals surface area contributed by atoms with Crippen LogP contribution in [0.4, 0.5) is 5.69 Å². The summed E-state index contributed by atoms with van der Waals surface area (Å²) in [6.07, 6.45) is 3.59. The molecule has 1 saturated carbocycles. The molecule has 2 N–H and O–H groups in total. The Bertz CT molecular complexity index is 1140. The summed E-state index contributed by atoms with van der Waals surface area (Å²) in [5.74, 6) is -0.691. The van der Waals surface area contributed by atoms with E-state index in [1.54, 1.807) is 4.52 Å². The van der Waals surface area contributed by atoms with E-state index in [2.05, 4.69) is 28.0 Å². The SMILES string of the molecule is Cc1cc(N2CCC(C)C2)cn2nc(C34CC(CO)(CO3)C4C(=O)O)nc12.c1ccccc1. The number of rotatable bonds is 4. The molecule has 174 valence electrons. The standard InChI is InChI=1S/C19H24N4O4.C6H6/c1-11-3-4-22(6-11)13-5-12(2)15-20-17(21-23(15)7-13)19-8-18(9-24,10-27-19)14(19)16(25)26;1-2-4-6-5-3-1/h5,7,11,14,24H,3-4,6,8-10H2,1-2H3,(H,25,26);1-6H. The second kappa shape index (κ2) is 8.11. The van der Waals surface area contributed by atoms with E-state index < -0.39 is 22.9 Å². The number of fused-ring (bicyclic) bond motifs is 2. The average molecular weight is 451 g/mol. The number of carboxylic acid groups (broad SMARTS) is 1. The van der Waals surface area contributed by atoms with Gasteiger partial charge < -0.3 is 19.8 Å². The van der Waals surface area contributed by atoms with Gasteiger partial charge in [-0.1, -0.05) is 43.3 Å². The molecule has 3 saturated heterocycles. The van der Waals surface area contributed by atoms with Gasteiger partial charge in [0.15, 0.2) is 11.5 Å². The Morgan fingerprint density at radius 1 is 1.24 bits per heavy atom. The molecule has 2 aromatic heterocycles. The van der Waals surface area contributed by atoms with Crippen LogP contribution in [-0.4, -0.2) is 57.1 Å². The number of aromatic nitrogens is 3. The Kier molecular flexibility index (Phi) is 5.37. The van der Waals surface area contributed by atoms with Crippen LogP contribution in [0.15, 0.2) is 48.7 Å². The van der Waals surface area contributed by atoms with Gasteiger partial charge in [-0.15, -0.1) is 5.10 Å². The molecule has 1 aliphatic carbocycles. The minimum atomic E-state index is -1.03. The predicted octanol–water partition coefficient (Wildman–Crippen LogP) is 2.88. The number of anilines is 1. The molecule has 0 radical (unpaired) electrons. The Hall–Kier alpha value is -2.97. The summed E-state index contributed by atoms with van der Waals surface area (Å²) in [7, 11) is 0. The molecule has 8 heteroatoms. The fourth-order valence-electron chi connectivity index (χ4n) is 5.60. The summed E-state index contributed by atoms with van der Waals surface area (Å²) in [4.78, 5) is 18.9. The summed E-state index contributed by atoms with van der Waals surface area (Å²) in [5.41, 5.74) is 1.08. The zero-order chi connectivity index (χ0) is 23.2. The zero-order valence-corrected chi connectivity index (χ0v) is 19.0. The zero-order valence-electron chi connectivity index (χ0n) is 19.0. The highest BCUT2D eigenvalue weighted by Gasteiger charge is 2.75. The molecule has 4 atom stereocenters. The van der Waals surface area contributed by atoms with Gasteiger partial charge in [-0.25, -0.2) is 9.50 Å². The lowest BCUT2D eigenvalue weighted by Crippen LogP contribution is -2.58. The monoisotopic (exact) mass is 450 g/mol. The van der Waals surface area contributed by atoms with Crippen molar-refractivity contribution < 1.29 is 19.7 Å². The van der Waals surface area contributed by atoms with Crippen LogP contribution < -0.4 is 4.90 Å². The summed E-state index contributed by atoms with van der Waals surface area (Å²) in [6, 6.07) is 14.1. The van der Waals surface area contributed by atoms with E-state index in [9.17, 15) is 15.0 Å². The van der Waals surface area contributed by atoms with Crippen molar-refractivity contribution in [2.24, 2.45) is 17.3 Å². The molecule has 3 aromatic rings. The number of aliphatic hydroxyl groups is 1. The number of ether oxygens (including phenoxy) is 1. The third-order valence-electron chi connectivity index (χ3n) is 7.31. The van der Waals surface area contributed by atoms with E-state index >= 15 is 0 Å². The lowest BCUT2D eigenvalue weighted by atomic mass is 9.54. The molecule has 0 spiro atoms. The number of benzene rings is 1. The van der Waals surface area contributed by atoms with Crippen molar-refractivity contribution in [2.45, 2.75) is 32.3 Å². The third kappa shape index (κ3) is 3.48. The smallest absolute Gasteiger partial charge is 0.310 e. The number of nitrogens with zero attached hydrogens (tertiary/aromatic N) is 4. The highest BCUT2D eigenvalue weighted by molar-refractivity contribution is 5.76. The second-order valence-corrected chi connectivity index (χ2v) is 9.73. The summed E-state index contributed by atoms with van der Waals surface area (Å²) < 4.78 is 7.64. The van der Waals surface area contributed by atoms with Crippen LogP contribution in [0.2, 0.25) is 0 Å². The highest BCUT2D eigenvalue weighted by Crippen LogP contribution is 2.66. The molecule has 3 aliphatic heterocycles. The minimum Gasteiger partial charge on any atom is -0.481 e. The van der Waals surface area contributed by atoms with E-state index in [-0.39, 0.29) is 13.2 Å². The first-order valence-electron chi connectivity index (χ1n) is 11.5. The molecule has 5 heterocycles. The lowest BCUT2D eigenvalue weighted by molar-refractivity contribution is -0.173. The van der Waals surface area contributed by atoms with Crippen molar-refractivity contribution in [1.82, 2.24) is 14.6 Å². The summed E-state index contributed by atoms with van der Waals surface area (Å²) >= 11 is 0. The van der Waals surface area contributed by atoms with Crippen LogP contribution in [-0.2, 0) is 15.1 Å². The Balaban J connectivity index is 0.000000332. The minimum absolute atomic E-state index is 0.199. The van der Waals surface area contributed by atoms with E-state index in [1.807, 2.05) is 49.5 Å². The van der Waals surface area contributed by atoms with E-state index in [0.717, 1.165) is 30.0 Å². The number of carboxylic acids is 1. The quantitative estimate of drug-likeness (QED) is 0.630. The van der Waals surface area contributed by atoms with Gasteiger partial charge in [-0.2, -0.15) is 0 Å². The van der Waals surface area contributed by atoms with Crippen LogP contribution in [0.3, 0.4) is 0 Å². The number of aliphatic carboxylic acids is 1. The lowest BCUT2D eigenvalue weighted by Gasteiger charge is -2.47. The van der Waals surface area contributed by atoms with Crippen molar-refractivity contribution in [1.29, 1.82) is 0 Å². The number of carbonyl (C=O) groups is 1. The molecule has 1 aromatic carbocycles. The van der Waals surface area contributed by atoms with Gasteiger partial charge in [0.1, 0.15) is 11.5 Å². The normalized spacial score (nSPS) is 30.1. The molecule has 7 rings (SSSR count). The van der Waals surface area contributed by atoms with Crippen molar-refractivity contribution in [3.63, 3.8) is 0 Å². The molecule has 4 unspecified atom stereocenters. The number of aliphatic hydroxyl groups excluding tert-OH is 1. The molecule has 4 fully saturated rings. The van der Waals surface area contributed by atoms with E-state index in [4.69, 9.17) is 4.74 Å². The topological polar surface area (TPSA) is 100 Å². The maximum atomic E-state index is 11.9. The maximum absolute atomic E-state index is 11.9. The fraction of sp³-hybridized carbons (Fsp3) is 0.480. The van der Waals surface area contributed by atoms with Gasteiger partial charge in [-0.3, -0.25) is 4.79 Å². The Labute approximate surface area is 192 Å². The van der Waals surface area contributed by atoms with Crippen LogP contribution in [0.1, 0.15) is 31.2 Å². The van der Waals surface area contributed by atoms with Crippen LogP contribution in [0.25, 0.3) is 5.65 Å². The molecule has 8 nitrogen and oxygen atoms in total. The van der Waals surface area contributed by atoms with Gasteiger partial charge in [0, 0.05) is 18.5 Å². The number of pyridine rings is 1. The molecule has 2 bridgehead atoms. The van der Waals surface area contributed by atoms with Crippen LogP contribution >= 0.6 is 0 Å². The van der Waals surface area contributed by atoms with Gasteiger partial charge >= 0.3 is 5.97 Å². The fourth-order valence-corrected chi connectivity index (χ4v) is 5.60. The van der Waals surface area contributed by atoms with Gasteiger partial charge in [0.2, 0.25) is 0 Å². The van der Waals surface area contributed by atoms with Crippen molar-refractivity contribution in [3.05, 3.63) is 60.0 Å². The van der Waals surface area contributed by atoms with E-state index in [1.165, 1.54) is 6.42 Å². The van der Waals surface area contributed by atoms with Crippen molar-refractivity contribution >= 4 is 17.3 Å². The first-order valence-corrected chi connectivity index (χ1v) is 11.5. The molecular formula is C25H30N4O4. The Morgan fingerprint density at radius 2 is 1.94 bits per heavy atom. The van der Waals surface area contributed by atoms with Gasteiger partial charge in [0.25, 0.3) is 0 Å². The maximum Gasteiger partial charge on any atom is 0.310 e. The van der Waals surface area contributed by atoms with Crippen LogP contribution in [0, 0.1) is 24.2 Å². The second-order valence-electron chi connectivity index (χ2n) is 9.73. The number of hydrogen-bond acceptors (Lipinski definition) is 6. The average Bonchev–Trinajstić information content (AvgIpc) is 3.56. The number of hydrogen-bond donors (Lipinski definition) is 2. The van der Waals surface area contributed by atoms with E-state index in [0.29, 0.717) is 18.2 Å². The van der Waals surface area contributed by atoms with Gasteiger partial charge in [0.05, 0.1) is 25.1 Å². The first-order chi connectivity index (χ1) is 15.9. The van der Waals surface area contributed by atoms with Gasteiger partial charge in [-0.05, 0) is 37.3 Å².